The van der Waals surface area contributed by atoms with Gasteiger partial charge in [0, 0.05) is 17.7 Å². The standard InChI is InChI=1S/C22H24N2O2/c1-22(2)12-18-20(19(25)13-22)21(14-8-10-15(26-3)11-9-14)24-17-7-5-4-6-16(17)23-18/h4-11,21,23-24H,12-13H2,1-3H3/t21-/m1/s1. The van der Waals surface area contributed by atoms with Gasteiger partial charge in [-0.15, -0.1) is 0 Å². The van der Waals surface area contributed by atoms with Crippen molar-refractivity contribution in [3.63, 3.8) is 0 Å². The molecule has 0 saturated heterocycles. The van der Waals surface area contributed by atoms with Crippen LogP contribution in [0.2, 0.25) is 0 Å². The van der Waals surface area contributed by atoms with Gasteiger partial charge in [-0.05, 0) is 41.7 Å². The number of carbonyl (C=O) groups is 1. The van der Waals surface area contributed by atoms with Crippen molar-refractivity contribution >= 4 is 17.2 Å². The molecule has 0 amide bonds. The molecule has 0 unspecified atom stereocenters. The number of methoxy groups -OCH3 is 1. The van der Waals surface area contributed by atoms with Crippen molar-refractivity contribution in [2.24, 2.45) is 5.41 Å². The van der Waals surface area contributed by atoms with Crippen LogP contribution in [0, 0.1) is 5.41 Å². The van der Waals surface area contributed by atoms with Crippen LogP contribution in [0.4, 0.5) is 11.4 Å². The smallest absolute Gasteiger partial charge is 0.163 e. The minimum Gasteiger partial charge on any atom is -0.497 e. The van der Waals surface area contributed by atoms with Gasteiger partial charge < -0.3 is 15.4 Å². The van der Waals surface area contributed by atoms with E-state index in [1.54, 1.807) is 7.11 Å². The molecule has 0 saturated carbocycles. The first-order chi connectivity index (χ1) is 12.5. The Labute approximate surface area is 154 Å². The Morgan fingerprint density at radius 2 is 1.69 bits per heavy atom. The first kappa shape index (κ1) is 16.7. The van der Waals surface area contributed by atoms with Crippen molar-refractivity contribution in [3.05, 3.63) is 65.4 Å². The van der Waals surface area contributed by atoms with E-state index in [4.69, 9.17) is 4.74 Å². The van der Waals surface area contributed by atoms with E-state index in [1.165, 1.54) is 0 Å². The predicted octanol–water partition coefficient (Wildman–Crippen LogP) is 4.92. The fourth-order valence-electron chi connectivity index (χ4n) is 3.94. The highest BCUT2D eigenvalue weighted by atomic mass is 16.5. The van der Waals surface area contributed by atoms with E-state index in [1.807, 2.05) is 42.5 Å². The van der Waals surface area contributed by atoms with Crippen LogP contribution in [0.1, 0.15) is 38.3 Å². The number of nitrogens with one attached hydrogen (secondary N) is 2. The number of benzene rings is 2. The van der Waals surface area contributed by atoms with Gasteiger partial charge >= 0.3 is 0 Å². The molecule has 0 spiro atoms. The highest BCUT2D eigenvalue weighted by Gasteiger charge is 2.38. The van der Waals surface area contributed by atoms with Gasteiger partial charge in [-0.2, -0.15) is 0 Å². The topological polar surface area (TPSA) is 50.4 Å². The number of rotatable bonds is 2. The molecule has 1 atom stereocenters. The third-order valence-electron chi connectivity index (χ3n) is 5.17. The normalized spacial score (nSPS) is 21.0. The highest BCUT2D eigenvalue weighted by molar-refractivity contribution is 6.01. The Morgan fingerprint density at radius 3 is 2.38 bits per heavy atom. The Balaban J connectivity index is 1.85. The summed E-state index contributed by atoms with van der Waals surface area (Å²) in [5.74, 6) is 1.02. The maximum Gasteiger partial charge on any atom is 0.163 e. The van der Waals surface area contributed by atoms with Crippen molar-refractivity contribution in [2.45, 2.75) is 32.7 Å². The zero-order chi connectivity index (χ0) is 18.3. The molecule has 1 aliphatic heterocycles. The van der Waals surface area contributed by atoms with Crippen LogP contribution in [-0.4, -0.2) is 12.9 Å². The number of ketones is 1. The molecule has 0 bridgehead atoms. The van der Waals surface area contributed by atoms with Crippen LogP contribution in [-0.2, 0) is 4.79 Å². The molecule has 0 fully saturated rings. The summed E-state index contributed by atoms with van der Waals surface area (Å²) in [6.45, 7) is 4.31. The van der Waals surface area contributed by atoms with Crippen molar-refractivity contribution in [1.82, 2.24) is 0 Å². The van der Waals surface area contributed by atoms with Gasteiger partial charge in [0.05, 0.1) is 24.5 Å². The number of Topliss-reactive ketones (excluding diaryl/α,β-unsaturated/α-hetero) is 1. The Hall–Kier alpha value is -2.75. The highest BCUT2D eigenvalue weighted by Crippen LogP contribution is 2.45. The predicted molar refractivity (Wildman–Crippen MR) is 104 cm³/mol. The minimum atomic E-state index is -0.171. The molecule has 134 valence electrons. The largest absolute Gasteiger partial charge is 0.497 e. The van der Waals surface area contributed by atoms with Crippen LogP contribution >= 0.6 is 0 Å². The van der Waals surface area contributed by atoms with Gasteiger partial charge in [-0.25, -0.2) is 0 Å². The van der Waals surface area contributed by atoms with Gasteiger partial charge in [0.25, 0.3) is 0 Å². The van der Waals surface area contributed by atoms with Crippen molar-refractivity contribution in [1.29, 1.82) is 0 Å². The lowest BCUT2D eigenvalue weighted by Crippen LogP contribution is -2.31. The quantitative estimate of drug-likeness (QED) is 0.809. The van der Waals surface area contributed by atoms with E-state index in [0.717, 1.165) is 40.4 Å². The summed E-state index contributed by atoms with van der Waals surface area (Å²) in [4.78, 5) is 13.1. The summed E-state index contributed by atoms with van der Waals surface area (Å²) >= 11 is 0. The second kappa shape index (κ2) is 6.20. The molecular formula is C22H24N2O2. The van der Waals surface area contributed by atoms with Gasteiger partial charge in [-0.3, -0.25) is 4.79 Å². The number of hydrogen-bond acceptors (Lipinski definition) is 4. The number of para-hydroxylation sites is 2. The van der Waals surface area contributed by atoms with Gasteiger partial charge in [-0.1, -0.05) is 38.1 Å². The molecule has 4 rings (SSSR count). The summed E-state index contributed by atoms with van der Waals surface area (Å²) in [7, 11) is 1.66. The Kier molecular flexibility index (Phi) is 3.98. The lowest BCUT2D eigenvalue weighted by atomic mass is 9.73. The number of carbonyl (C=O) groups excluding carboxylic acids is 1. The van der Waals surface area contributed by atoms with E-state index in [9.17, 15) is 4.79 Å². The second-order valence-electron chi connectivity index (χ2n) is 7.85. The maximum absolute atomic E-state index is 13.1. The van der Waals surface area contributed by atoms with Gasteiger partial charge in [0.15, 0.2) is 5.78 Å². The number of hydrogen-bond donors (Lipinski definition) is 2. The molecule has 2 aromatic carbocycles. The number of allylic oxidation sites excluding steroid dienone is 1. The van der Waals surface area contributed by atoms with Crippen molar-refractivity contribution in [2.75, 3.05) is 17.7 Å². The monoisotopic (exact) mass is 348 g/mol. The van der Waals surface area contributed by atoms with Gasteiger partial charge in [0.2, 0.25) is 0 Å². The molecule has 4 heteroatoms. The van der Waals surface area contributed by atoms with E-state index < -0.39 is 0 Å². The summed E-state index contributed by atoms with van der Waals surface area (Å²) < 4.78 is 5.28. The van der Waals surface area contributed by atoms with E-state index in [2.05, 4.69) is 30.5 Å². The van der Waals surface area contributed by atoms with Crippen LogP contribution in [0.15, 0.2) is 59.8 Å². The molecule has 2 N–H and O–H groups in total. The van der Waals surface area contributed by atoms with Crippen molar-refractivity contribution < 1.29 is 9.53 Å². The average Bonchev–Trinajstić information content (AvgIpc) is 2.77. The first-order valence-corrected chi connectivity index (χ1v) is 9.00. The van der Waals surface area contributed by atoms with E-state index in [0.29, 0.717) is 6.42 Å². The van der Waals surface area contributed by atoms with E-state index >= 15 is 0 Å². The molecule has 4 nitrogen and oxygen atoms in total. The lowest BCUT2D eigenvalue weighted by molar-refractivity contribution is -0.118. The fourth-order valence-corrected chi connectivity index (χ4v) is 3.94. The summed E-state index contributed by atoms with van der Waals surface area (Å²) in [6.07, 6.45) is 1.43. The summed E-state index contributed by atoms with van der Waals surface area (Å²) in [6, 6.07) is 15.9. The molecular weight excluding hydrogens is 324 g/mol. The third kappa shape index (κ3) is 2.96. The summed E-state index contributed by atoms with van der Waals surface area (Å²) in [5.41, 5.74) is 4.93. The Bertz CT molecular complexity index is 881. The third-order valence-corrected chi connectivity index (χ3v) is 5.17. The van der Waals surface area contributed by atoms with Crippen molar-refractivity contribution in [3.8, 4) is 5.75 Å². The molecule has 0 radical (unpaired) electrons. The molecule has 1 heterocycles. The summed E-state index contributed by atoms with van der Waals surface area (Å²) in [5, 5.41) is 7.13. The zero-order valence-corrected chi connectivity index (χ0v) is 15.4. The zero-order valence-electron chi connectivity index (χ0n) is 15.4. The molecule has 2 aliphatic rings. The second-order valence-corrected chi connectivity index (χ2v) is 7.85. The fraction of sp³-hybridized carbons (Fsp3) is 0.318. The number of ether oxygens (including phenoxy) is 1. The number of fused-ring (bicyclic) bond motifs is 1. The maximum atomic E-state index is 13.1. The number of anilines is 2. The van der Waals surface area contributed by atoms with E-state index in [-0.39, 0.29) is 17.2 Å². The average molecular weight is 348 g/mol. The SMILES string of the molecule is COc1ccc([C@H]2Nc3ccccc3NC3=C2C(=O)CC(C)(C)C3)cc1. The van der Waals surface area contributed by atoms with Crippen LogP contribution in [0.5, 0.6) is 5.75 Å². The van der Waals surface area contributed by atoms with Crippen LogP contribution in [0.25, 0.3) is 0 Å². The van der Waals surface area contributed by atoms with Gasteiger partial charge in [0.1, 0.15) is 5.75 Å². The molecule has 2 aromatic rings. The first-order valence-electron chi connectivity index (χ1n) is 9.00. The van der Waals surface area contributed by atoms with Crippen LogP contribution in [0.3, 0.4) is 0 Å². The minimum absolute atomic E-state index is 0.0351. The molecule has 1 aliphatic carbocycles. The molecule has 0 aromatic heterocycles. The van der Waals surface area contributed by atoms with Crippen LogP contribution < -0.4 is 15.4 Å². The molecule has 26 heavy (non-hydrogen) atoms. The lowest BCUT2D eigenvalue weighted by Gasteiger charge is -2.34. The Morgan fingerprint density at radius 1 is 1.00 bits per heavy atom.